The zero-order valence-corrected chi connectivity index (χ0v) is 11.1. The van der Waals surface area contributed by atoms with Crippen molar-refractivity contribution in [1.29, 1.82) is 0 Å². The van der Waals surface area contributed by atoms with E-state index in [4.69, 9.17) is 0 Å². The highest BCUT2D eigenvalue weighted by Gasteiger charge is 2.31. The van der Waals surface area contributed by atoms with E-state index in [0.29, 0.717) is 19.4 Å². The van der Waals surface area contributed by atoms with E-state index in [1.54, 1.807) is 6.07 Å². The van der Waals surface area contributed by atoms with Crippen molar-refractivity contribution in [2.24, 2.45) is 0 Å². The SMILES string of the molecule is Cc1ccc(F)cc1CNC1CCC(=O)N(C)C1=O. The Morgan fingerprint density at radius 3 is 2.89 bits per heavy atom. The molecule has 5 heteroatoms. The van der Waals surface area contributed by atoms with Gasteiger partial charge in [0.15, 0.2) is 0 Å². The van der Waals surface area contributed by atoms with Gasteiger partial charge >= 0.3 is 0 Å². The number of likely N-dealkylation sites (N-methyl/N-ethyl adjacent to an activating group) is 1. The van der Waals surface area contributed by atoms with E-state index in [2.05, 4.69) is 5.32 Å². The second-order valence-corrected chi connectivity index (χ2v) is 4.83. The van der Waals surface area contributed by atoms with Crippen molar-refractivity contribution in [3.8, 4) is 0 Å². The van der Waals surface area contributed by atoms with E-state index in [0.717, 1.165) is 16.0 Å². The summed E-state index contributed by atoms with van der Waals surface area (Å²) in [6, 6.07) is 4.22. The predicted octanol–water partition coefficient (Wildman–Crippen LogP) is 1.37. The molecule has 0 aliphatic carbocycles. The number of piperidine rings is 1. The lowest BCUT2D eigenvalue weighted by Gasteiger charge is -2.28. The summed E-state index contributed by atoms with van der Waals surface area (Å²) in [4.78, 5) is 24.4. The van der Waals surface area contributed by atoms with Gasteiger partial charge in [-0.15, -0.1) is 0 Å². The van der Waals surface area contributed by atoms with Gasteiger partial charge in [-0.05, 0) is 36.6 Å². The minimum atomic E-state index is -0.370. The Hall–Kier alpha value is -1.75. The van der Waals surface area contributed by atoms with Crippen LogP contribution in [0.5, 0.6) is 0 Å². The number of hydrogen-bond donors (Lipinski definition) is 1. The number of nitrogens with one attached hydrogen (secondary N) is 1. The van der Waals surface area contributed by atoms with Crippen molar-refractivity contribution in [3.05, 3.63) is 35.1 Å². The van der Waals surface area contributed by atoms with Crippen LogP contribution in [0.25, 0.3) is 0 Å². The van der Waals surface area contributed by atoms with Crippen LogP contribution in [0.3, 0.4) is 0 Å². The lowest BCUT2D eigenvalue weighted by atomic mass is 10.0. The molecule has 19 heavy (non-hydrogen) atoms. The van der Waals surface area contributed by atoms with Crippen LogP contribution in [0.4, 0.5) is 4.39 Å². The second kappa shape index (κ2) is 5.48. The van der Waals surface area contributed by atoms with Gasteiger partial charge < -0.3 is 5.32 Å². The zero-order chi connectivity index (χ0) is 14.0. The first-order valence-corrected chi connectivity index (χ1v) is 6.28. The normalized spacial score (nSPS) is 19.9. The molecule has 1 aliphatic heterocycles. The van der Waals surface area contributed by atoms with Crippen molar-refractivity contribution >= 4 is 11.8 Å². The Bertz CT molecular complexity index is 516. The van der Waals surface area contributed by atoms with Crippen LogP contribution in [0.2, 0.25) is 0 Å². The fourth-order valence-corrected chi connectivity index (χ4v) is 2.17. The largest absolute Gasteiger partial charge is 0.302 e. The van der Waals surface area contributed by atoms with Gasteiger partial charge in [0.25, 0.3) is 0 Å². The lowest BCUT2D eigenvalue weighted by molar-refractivity contribution is -0.148. The van der Waals surface area contributed by atoms with E-state index < -0.39 is 0 Å². The molecule has 1 fully saturated rings. The quantitative estimate of drug-likeness (QED) is 0.839. The molecular formula is C14H17FN2O2. The summed E-state index contributed by atoms with van der Waals surface area (Å²) in [5.74, 6) is -0.653. The summed E-state index contributed by atoms with van der Waals surface area (Å²) < 4.78 is 13.2. The lowest BCUT2D eigenvalue weighted by Crippen LogP contribution is -2.51. The predicted molar refractivity (Wildman–Crippen MR) is 68.8 cm³/mol. The third-order valence-electron chi connectivity index (χ3n) is 3.50. The molecule has 2 amide bonds. The smallest absolute Gasteiger partial charge is 0.246 e. The standard InChI is InChI=1S/C14H17FN2O2/c1-9-3-4-11(15)7-10(9)8-16-12-5-6-13(18)17(2)14(12)19/h3-4,7,12,16H,5-6,8H2,1-2H3. The topological polar surface area (TPSA) is 49.4 Å². The van der Waals surface area contributed by atoms with E-state index in [-0.39, 0.29) is 23.7 Å². The summed E-state index contributed by atoms with van der Waals surface area (Å²) in [5.41, 5.74) is 1.80. The molecule has 1 aromatic rings. The fourth-order valence-electron chi connectivity index (χ4n) is 2.17. The monoisotopic (exact) mass is 264 g/mol. The van der Waals surface area contributed by atoms with Gasteiger partial charge in [0, 0.05) is 20.0 Å². The first-order chi connectivity index (χ1) is 8.99. The molecule has 1 saturated heterocycles. The average Bonchev–Trinajstić information content (AvgIpc) is 2.39. The minimum absolute atomic E-state index is 0.148. The van der Waals surface area contributed by atoms with Crippen LogP contribution in [-0.4, -0.2) is 29.8 Å². The number of aryl methyl sites for hydroxylation is 1. The number of carbonyl (C=O) groups is 2. The molecule has 2 rings (SSSR count). The van der Waals surface area contributed by atoms with Crippen LogP contribution in [0.15, 0.2) is 18.2 Å². The van der Waals surface area contributed by atoms with Crippen molar-refractivity contribution in [1.82, 2.24) is 10.2 Å². The average molecular weight is 264 g/mol. The second-order valence-electron chi connectivity index (χ2n) is 4.83. The molecule has 0 aromatic heterocycles. The zero-order valence-electron chi connectivity index (χ0n) is 11.1. The highest BCUT2D eigenvalue weighted by Crippen LogP contribution is 2.14. The molecule has 1 heterocycles. The Morgan fingerprint density at radius 1 is 1.42 bits per heavy atom. The van der Waals surface area contributed by atoms with Gasteiger partial charge in [-0.2, -0.15) is 0 Å². The highest BCUT2D eigenvalue weighted by atomic mass is 19.1. The maximum atomic E-state index is 13.2. The molecule has 102 valence electrons. The number of amides is 2. The number of rotatable bonds is 3. The third kappa shape index (κ3) is 2.98. The summed E-state index contributed by atoms with van der Waals surface area (Å²) in [6.07, 6.45) is 0.860. The van der Waals surface area contributed by atoms with Crippen LogP contribution < -0.4 is 5.32 Å². The van der Waals surface area contributed by atoms with E-state index in [1.165, 1.54) is 19.2 Å². The van der Waals surface area contributed by atoms with Gasteiger partial charge in [0.1, 0.15) is 5.82 Å². The van der Waals surface area contributed by atoms with Crippen molar-refractivity contribution in [2.45, 2.75) is 32.4 Å². The van der Waals surface area contributed by atoms with Crippen molar-refractivity contribution < 1.29 is 14.0 Å². The summed E-state index contributed by atoms with van der Waals surface area (Å²) in [6.45, 7) is 2.32. The first kappa shape index (κ1) is 13.7. The molecule has 1 aliphatic rings. The Morgan fingerprint density at radius 2 is 2.16 bits per heavy atom. The Labute approximate surface area is 111 Å². The molecule has 1 aromatic carbocycles. The van der Waals surface area contributed by atoms with Gasteiger partial charge in [0.2, 0.25) is 11.8 Å². The minimum Gasteiger partial charge on any atom is -0.302 e. The number of likely N-dealkylation sites (tertiary alicyclic amines) is 1. The number of nitrogens with zero attached hydrogens (tertiary/aromatic N) is 1. The number of carbonyl (C=O) groups excluding carboxylic acids is 2. The maximum absolute atomic E-state index is 13.2. The molecule has 0 bridgehead atoms. The number of halogens is 1. The molecular weight excluding hydrogens is 247 g/mol. The van der Waals surface area contributed by atoms with Crippen molar-refractivity contribution in [2.75, 3.05) is 7.05 Å². The third-order valence-corrected chi connectivity index (χ3v) is 3.50. The molecule has 0 saturated carbocycles. The number of hydrogen-bond acceptors (Lipinski definition) is 3. The molecule has 0 spiro atoms. The Kier molecular flexibility index (Phi) is 3.95. The van der Waals surface area contributed by atoms with Gasteiger partial charge in [-0.25, -0.2) is 4.39 Å². The summed E-state index contributed by atoms with van der Waals surface area (Å²) in [5, 5.41) is 3.10. The van der Waals surface area contributed by atoms with Crippen LogP contribution >= 0.6 is 0 Å². The van der Waals surface area contributed by atoms with Gasteiger partial charge in [0.05, 0.1) is 6.04 Å². The van der Waals surface area contributed by atoms with Crippen LogP contribution in [0.1, 0.15) is 24.0 Å². The van der Waals surface area contributed by atoms with E-state index in [1.807, 2.05) is 6.92 Å². The molecule has 1 unspecified atom stereocenters. The summed E-state index contributed by atoms with van der Waals surface area (Å²) >= 11 is 0. The van der Waals surface area contributed by atoms with Crippen LogP contribution in [0, 0.1) is 12.7 Å². The van der Waals surface area contributed by atoms with E-state index in [9.17, 15) is 14.0 Å². The maximum Gasteiger partial charge on any atom is 0.246 e. The number of benzene rings is 1. The van der Waals surface area contributed by atoms with Gasteiger partial charge in [-0.3, -0.25) is 14.5 Å². The molecule has 1 atom stereocenters. The fraction of sp³-hybridized carbons (Fsp3) is 0.429. The molecule has 1 N–H and O–H groups in total. The Balaban J connectivity index is 2.01. The molecule has 4 nitrogen and oxygen atoms in total. The first-order valence-electron chi connectivity index (χ1n) is 6.28. The van der Waals surface area contributed by atoms with E-state index >= 15 is 0 Å². The van der Waals surface area contributed by atoms with Gasteiger partial charge in [-0.1, -0.05) is 6.07 Å². The van der Waals surface area contributed by atoms with Crippen molar-refractivity contribution in [3.63, 3.8) is 0 Å². The highest BCUT2D eigenvalue weighted by molar-refractivity contribution is 6.00. The number of imide groups is 1. The summed E-state index contributed by atoms with van der Waals surface area (Å²) in [7, 11) is 1.49. The molecule has 0 radical (unpaired) electrons. The van der Waals surface area contributed by atoms with Crippen LogP contribution in [-0.2, 0) is 16.1 Å².